The number of nitrogens with zero attached hydrogens (tertiary/aromatic N) is 1. The van der Waals surface area contributed by atoms with Crippen LogP contribution >= 0.6 is 0 Å². The number of nitrogen functional groups attached to an aromatic ring is 1. The Morgan fingerprint density at radius 3 is 2.38 bits per heavy atom. The number of aromatic nitrogens is 1. The number of benzene rings is 2. The van der Waals surface area contributed by atoms with Crippen molar-refractivity contribution in [3.63, 3.8) is 0 Å². The van der Waals surface area contributed by atoms with Gasteiger partial charge in [0.2, 0.25) is 0 Å². The van der Waals surface area contributed by atoms with Crippen LogP contribution < -0.4 is 11.1 Å². The lowest BCUT2D eigenvalue weighted by atomic mass is 10.1. The molecule has 1 heterocycles. The number of nitrogens with two attached hydrogens (primary N) is 1. The molecule has 21 heavy (non-hydrogen) atoms. The number of aryl methyl sites for hydroxylation is 3. The number of pyridine rings is 1. The number of fused-ring (bicyclic) bond motifs is 1. The summed E-state index contributed by atoms with van der Waals surface area (Å²) in [4.78, 5) is 4.67. The second-order valence-corrected chi connectivity index (χ2v) is 5.56. The zero-order valence-corrected chi connectivity index (χ0v) is 12.6. The third-order valence-corrected chi connectivity index (χ3v) is 3.64. The molecule has 0 saturated heterocycles. The number of hydrogen-bond acceptors (Lipinski definition) is 3. The van der Waals surface area contributed by atoms with E-state index in [1.165, 1.54) is 16.5 Å². The fourth-order valence-corrected chi connectivity index (χ4v) is 2.51. The second-order valence-electron chi connectivity index (χ2n) is 5.56. The SMILES string of the molecule is Cc1ccc(Nc2cc(C)c3cc(C)ccc3n2)c(N)c1. The second kappa shape index (κ2) is 5.09. The summed E-state index contributed by atoms with van der Waals surface area (Å²) < 4.78 is 0. The molecule has 0 amide bonds. The highest BCUT2D eigenvalue weighted by Crippen LogP contribution is 2.26. The summed E-state index contributed by atoms with van der Waals surface area (Å²) in [5.74, 6) is 0.819. The van der Waals surface area contributed by atoms with Crippen LogP contribution in [-0.4, -0.2) is 4.98 Å². The van der Waals surface area contributed by atoms with E-state index in [4.69, 9.17) is 5.73 Å². The van der Waals surface area contributed by atoms with Crippen LogP contribution in [0.3, 0.4) is 0 Å². The van der Waals surface area contributed by atoms with Gasteiger partial charge in [0, 0.05) is 5.39 Å². The van der Waals surface area contributed by atoms with Crippen molar-refractivity contribution in [2.75, 3.05) is 11.1 Å². The van der Waals surface area contributed by atoms with Crippen LogP contribution in [0.2, 0.25) is 0 Å². The van der Waals surface area contributed by atoms with Crippen molar-refractivity contribution in [3.05, 3.63) is 59.2 Å². The van der Waals surface area contributed by atoms with E-state index in [0.717, 1.165) is 28.3 Å². The Hall–Kier alpha value is -2.55. The highest BCUT2D eigenvalue weighted by Gasteiger charge is 2.05. The lowest BCUT2D eigenvalue weighted by molar-refractivity contribution is 1.33. The number of rotatable bonds is 2. The summed E-state index contributed by atoms with van der Waals surface area (Å²) in [7, 11) is 0. The molecule has 0 radical (unpaired) electrons. The normalized spacial score (nSPS) is 10.8. The largest absolute Gasteiger partial charge is 0.397 e. The summed E-state index contributed by atoms with van der Waals surface area (Å²) in [6.45, 7) is 6.23. The fourth-order valence-electron chi connectivity index (χ4n) is 2.51. The van der Waals surface area contributed by atoms with E-state index < -0.39 is 0 Å². The maximum atomic E-state index is 6.05. The van der Waals surface area contributed by atoms with Crippen LogP contribution in [0.25, 0.3) is 10.9 Å². The van der Waals surface area contributed by atoms with E-state index in [9.17, 15) is 0 Å². The van der Waals surface area contributed by atoms with Crippen molar-refractivity contribution in [1.29, 1.82) is 0 Å². The molecule has 1 aromatic heterocycles. The van der Waals surface area contributed by atoms with Gasteiger partial charge in [-0.25, -0.2) is 4.98 Å². The molecule has 0 aliphatic carbocycles. The van der Waals surface area contributed by atoms with Gasteiger partial charge < -0.3 is 11.1 Å². The van der Waals surface area contributed by atoms with E-state index in [1.54, 1.807) is 0 Å². The van der Waals surface area contributed by atoms with Crippen LogP contribution in [-0.2, 0) is 0 Å². The van der Waals surface area contributed by atoms with Crippen molar-refractivity contribution in [2.24, 2.45) is 0 Å². The van der Waals surface area contributed by atoms with Crippen molar-refractivity contribution < 1.29 is 0 Å². The molecule has 3 heteroatoms. The molecule has 0 saturated carbocycles. The third-order valence-electron chi connectivity index (χ3n) is 3.64. The van der Waals surface area contributed by atoms with Crippen LogP contribution in [0.4, 0.5) is 17.2 Å². The van der Waals surface area contributed by atoms with Gasteiger partial charge in [0.05, 0.1) is 16.9 Å². The molecular formula is C18H19N3. The molecule has 0 aliphatic heterocycles. The standard InChI is InChI=1S/C18H19N3/c1-11-4-6-16-14(8-11)13(3)10-18(20-16)21-17-7-5-12(2)9-15(17)19/h4-10H,19H2,1-3H3,(H,20,21). The zero-order valence-electron chi connectivity index (χ0n) is 12.6. The minimum atomic E-state index is 0.735. The lowest BCUT2D eigenvalue weighted by Gasteiger charge is -2.12. The summed E-state index contributed by atoms with van der Waals surface area (Å²) in [6, 6.07) is 14.3. The number of anilines is 3. The predicted molar refractivity (Wildman–Crippen MR) is 90.1 cm³/mol. The number of nitrogens with one attached hydrogen (secondary N) is 1. The summed E-state index contributed by atoms with van der Waals surface area (Å²) >= 11 is 0. The van der Waals surface area contributed by atoms with Gasteiger partial charge in [0.15, 0.2) is 0 Å². The highest BCUT2D eigenvalue weighted by molar-refractivity contribution is 5.85. The first-order valence-corrected chi connectivity index (χ1v) is 7.04. The maximum Gasteiger partial charge on any atom is 0.131 e. The summed E-state index contributed by atoms with van der Waals surface area (Å²) in [5.41, 5.74) is 12.3. The van der Waals surface area contributed by atoms with Gasteiger partial charge in [-0.2, -0.15) is 0 Å². The zero-order chi connectivity index (χ0) is 15.0. The van der Waals surface area contributed by atoms with E-state index in [2.05, 4.69) is 48.4 Å². The van der Waals surface area contributed by atoms with Crippen molar-refractivity contribution >= 4 is 28.1 Å². The molecule has 3 aromatic rings. The Morgan fingerprint density at radius 2 is 1.62 bits per heavy atom. The van der Waals surface area contributed by atoms with Crippen LogP contribution in [0, 0.1) is 20.8 Å². The molecule has 0 atom stereocenters. The molecule has 3 nitrogen and oxygen atoms in total. The highest BCUT2D eigenvalue weighted by atomic mass is 15.0. The lowest BCUT2D eigenvalue weighted by Crippen LogP contribution is -1.99. The smallest absolute Gasteiger partial charge is 0.131 e. The summed E-state index contributed by atoms with van der Waals surface area (Å²) in [6.07, 6.45) is 0. The molecule has 0 fully saturated rings. The predicted octanol–water partition coefficient (Wildman–Crippen LogP) is 4.49. The van der Waals surface area contributed by atoms with Gasteiger partial charge >= 0.3 is 0 Å². The Bertz CT molecular complexity index is 822. The first-order chi connectivity index (χ1) is 10.0. The topological polar surface area (TPSA) is 50.9 Å². The Balaban J connectivity index is 2.03. The van der Waals surface area contributed by atoms with E-state index >= 15 is 0 Å². The van der Waals surface area contributed by atoms with Crippen LogP contribution in [0.1, 0.15) is 16.7 Å². The third kappa shape index (κ3) is 2.68. The molecule has 2 aromatic carbocycles. The molecule has 106 valence electrons. The van der Waals surface area contributed by atoms with Gasteiger partial charge in [-0.1, -0.05) is 17.7 Å². The summed E-state index contributed by atoms with van der Waals surface area (Å²) in [5, 5.41) is 4.50. The molecule has 0 bridgehead atoms. The average molecular weight is 277 g/mol. The van der Waals surface area contributed by atoms with Crippen LogP contribution in [0.15, 0.2) is 42.5 Å². The number of hydrogen-bond donors (Lipinski definition) is 2. The van der Waals surface area contributed by atoms with E-state index in [0.29, 0.717) is 0 Å². The molecule has 3 N–H and O–H groups in total. The van der Waals surface area contributed by atoms with Gasteiger partial charge in [-0.05, 0) is 62.2 Å². The Morgan fingerprint density at radius 1 is 0.905 bits per heavy atom. The van der Waals surface area contributed by atoms with Crippen molar-refractivity contribution in [3.8, 4) is 0 Å². The molecule has 0 unspecified atom stereocenters. The van der Waals surface area contributed by atoms with Crippen molar-refractivity contribution in [2.45, 2.75) is 20.8 Å². The first-order valence-electron chi connectivity index (χ1n) is 7.04. The van der Waals surface area contributed by atoms with Crippen LogP contribution in [0.5, 0.6) is 0 Å². The molecular weight excluding hydrogens is 258 g/mol. The maximum absolute atomic E-state index is 6.05. The van der Waals surface area contributed by atoms with Gasteiger partial charge in [-0.15, -0.1) is 0 Å². The minimum absolute atomic E-state index is 0.735. The molecule has 0 spiro atoms. The first kappa shape index (κ1) is 13.4. The van der Waals surface area contributed by atoms with Gasteiger partial charge in [-0.3, -0.25) is 0 Å². The fraction of sp³-hybridized carbons (Fsp3) is 0.167. The van der Waals surface area contributed by atoms with Crippen molar-refractivity contribution in [1.82, 2.24) is 4.98 Å². The Labute approximate surface area is 124 Å². The average Bonchev–Trinajstić information content (AvgIpc) is 2.43. The van der Waals surface area contributed by atoms with E-state index in [-0.39, 0.29) is 0 Å². The minimum Gasteiger partial charge on any atom is -0.397 e. The quantitative estimate of drug-likeness (QED) is 0.679. The Kier molecular flexibility index (Phi) is 3.26. The van der Waals surface area contributed by atoms with Gasteiger partial charge in [0.25, 0.3) is 0 Å². The van der Waals surface area contributed by atoms with E-state index in [1.807, 2.05) is 25.1 Å². The van der Waals surface area contributed by atoms with Gasteiger partial charge in [0.1, 0.15) is 5.82 Å². The molecule has 0 aliphatic rings. The monoisotopic (exact) mass is 277 g/mol. The molecule has 3 rings (SSSR count).